The molecule has 9 heteroatoms. The summed E-state index contributed by atoms with van der Waals surface area (Å²) in [6.45, 7) is 3.88. The van der Waals surface area contributed by atoms with Crippen molar-refractivity contribution in [1.82, 2.24) is 0 Å². The summed E-state index contributed by atoms with van der Waals surface area (Å²) in [5.41, 5.74) is 0. The lowest BCUT2D eigenvalue weighted by atomic mass is 10.0. The van der Waals surface area contributed by atoms with E-state index in [1.165, 1.54) is 135 Å². The summed E-state index contributed by atoms with van der Waals surface area (Å²) in [7, 11) is -3.20. The summed E-state index contributed by atoms with van der Waals surface area (Å²) in [6, 6.07) is 0. The fraction of sp³-hybridized carbons (Fsp3) is 0.864. The van der Waals surface area contributed by atoms with E-state index in [9.17, 15) is 19.0 Å². The topological polar surface area (TPSA) is 108 Å². The summed E-state index contributed by atoms with van der Waals surface area (Å²) in [4.78, 5) is 34.5. The molecule has 0 fully saturated rings. The quantitative estimate of drug-likeness (QED) is 0.0283. The van der Waals surface area contributed by atoms with E-state index in [0.29, 0.717) is 12.8 Å². The maximum absolute atomic E-state index is 12.5. The summed E-state index contributed by atoms with van der Waals surface area (Å²) < 4.78 is 32.0. The van der Waals surface area contributed by atoms with Crippen LogP contribution in [0, 0.1) is 0 Å². The molecule has 0 amide bonds. The number of rotatable bonds is 41. The Kier molecular flexibility index (Phi) is 39.1. The van der Waals surface area contributed by atoms with Crippen LogP contribution < -0.4 is 0 Å². The highest BCUT2D eigenvalue weighted by Gasteiger charge is 2.24. The summed E-state index contributed by atoms with van der Waals surface area (Å²) in [5, 5.41) is 0. The first-order valence-electron chi connectivity index (χ1n) is 22.0. The lowest BCUT2D eigenvalue weighted by Gasteiger charge is -2.19. The van der Waals surface area contributed by atoms with Gasteiger partial charge in [0.05, 0.1) is 6.61 Å². The van der Waals surface area contributed by atoms with Gasteiger partial charge in [0.25, 0.3) is 0 Å². The number of unbranched alkanes of at least 4 members (excludes halogenated alkanes) is 26. The highest BCUT2D eigenvalue weighted by molar-refractivity contribution is 7.47. The van der Waals surface area contributed by atoms with Crippen molar-refractivity contribution in [2.75, 3.05) is 20.3 Å². The van der Waals surface area contributed by atoms with Gasteiger partial charge in [-0.1, -0.05) is 186 Å². The predicted molar refractivity (Wildman–Crippen MR) is 221 cm³/mol. The lowest BCUT2D eigenvalue weighted by Crippen LogP contribution is -2.29. The van der Waals surface area contributed by atoms with Crippen LogP contribution in [-0.2, 0) is 32.7 Å². The standard InChI is InChI=1S/C44H83O8P/c1-4-6-8-10-12-14-16-18-20-22-24-26-28-30-32-34-36-38-43(45)50-40-42(41-51-53(47,48)49-3)52-44(46)39-37-35-33-31-29-27-25-23-21-19-17-15-13-11-9-7-5-2/h13,15,19,21,42H,4-12,14,16-18,20,22-41H2,1-3H3,(H,47,48)/b15-13-,21-19-. The largest absolute Gasteiger partial charge is 0.472 e. The molecule has 0 saturated heterocycles. The van der Waals surface area contributed by atoms with Gasteiger partial charge < -0.3 is 14.4 Å². The molecule has 0 aromatic carbocycles. The average Bonchev–Trinajstić information content (AvgIpc) is 3.15. The molecule has 53 heavy (non-hydrogen) atoms. The van der Waals surface area contributed by atoms with Crippen LogP contribution in [-0.4, -0.2) is 43.3 Å². The third-order valence-corrected chi connectivity index (χ3v) is 10.6. The number of allylic oxidation sites excluding steroid dienone is 4. The zero-order valence-electron chi connectivity index (χ0n) is 34.7. The van der Waals surface area contributed by atoms with E-state index in [0.717, 1.165) is 58.5 Å². The maximum Gasteiger partial charge on any atom is 0.472 e. The number of hydrogen-bond donors (Lipinski definition) is 1. The molecule has 2 atom stereocenters. The van der Waals surface area contributed by atoms with E-state index >= 15 is 0 Å². The first-order valence-corrected chi connectivity index (χ1v) is 23.5. The number of phosphoric ester groups is 1. The van der Waals surface area contributed by atoms with Gasteiger partial charge in [0.15, 0.2) is 6.10 Å². The second kappa shape index (κ2) is 40.2. The first kappa shape index (κ1) is 51.5. The molecule has 0 spiro atoms. The third-order valence-electron chi connectivity index (χ3n) is 9.70. The minimum absolute atomic E-state index is 0.224. The van der Waals surface area contributed by atoms with E-state index in [1.54, 1.807) is 0 Å². The van der Waals surface area contributed by atoms with Crippen LogP contribution in [0.15, 0.2) is 24.3 Å². The summed E-state index contributed by atoms with van der Waals surface area (Å²) in [5.74, 6) is -0.803. The van der Waals surface area contributed by atoms with Crippen molar-refractivity contribution in [3.8, 4) is 0 Å². The van der Waals surface area contributed by atoms with E-state index in [1.807, 2.05) is 0 Å². The SMILES string of the molecule is CCCCC/C=C\C/C=C\CCCCCCCCCC(=O)OC(COC(=O)CCCCCCCCCCCCCCCCCCC)COP(=O)(O)OC. The zero-order valence-corrected chi connectivity index (χ0v) is 35.6. The fourth-order valence-corrected chi connectivity index (χ4v) is 6.74. The first-order chi connectivity index (χ1) is 25.8. The van der Waals surface area contributed by atoms with Gasteiger partial charge in [0.1, 0.15) is 6.61 Å². The van der Waals surface area contributed by atoms with Crippen molar-refractivity contribution < 1.29 is 37.6 Å². The molecule has 0 bridgehead atoms. The minimum Gasteiger partial charge on any atom is -0.462 e. The fourth-order valence-electron chi connectivity index (χ4n) is 6.28. The molecule has 312 valence electrons. The van der Waals surface area contributed by atoms with E-state index < -0.39 is 26.5 Å². The molecular weight excluding hydrogens is 687 g/mol. The number of phosphoric acid groups is 1. The molecular formula is C44H83O8P. The molecule has 0 saturated carbocycles. The molecule has 1 N–H and O–H groups in total. The van der Waals surface area contributed by atoms with Gasteiger partial charge in [0.2, 0.25) is 0 Å². The van der Waals surface area contributed by atoms with Crippen molar-refractivity contribution in [1.29, 1.82) is 0 Å². The van der Waals surface area contributed by atoms with Crippen LogP contribution in [0.3, 0.4) is 0 Å². The Hall–Kier alpha value is -1.47. The van der Waals surface area contributed by atoms with Gasteiger partial charge >= 0.3 is 19.8 Å². The van der Waals surface area contributed by atoms with Gasteiger partial charge in [-0.05, 0) is 44.9 Å². The smallest absolute Gasteiger partial charge is 0.462 e. The number of ether oxygens (including phenoxy) is 2. The molecule has 8 nitrogen and oxygen atoms in total. The van der Waals surface area contributed by atoms with E-state index in [-0.39, 0.29) is 19.0 Å². The van der Waals surface area contributed by atoms with Crippen LogP contribution in [0.5, 0.6) is 0 Å². The van der Waals surface area contributed by atoms with Gasteiger partial charge in [-0.25, -0.2) is 4.57 Å². The molecule has 0 aliphatic heterocycles. The van der Waals surface area contributed by atoms with Crippen molar-refractivity contribution in [2.45, 2.75) is 225 Å². The summed E-state index contributed by atoms with van der Waals surface area (Å²) >= 11 is 0. The molecule has 0 radical (unpaired) electrons. The lowest BCUT2D eigenvalue weighted by molar-refractivity contribution is -0.161. The molecule has 0 aliphatic carbocycles. The van der Waals surface area contributed by atoms with Crippen LogP contribution in [0.1, 0.15) is 219 Å². The summed E-state index contributed by atoms with van der Waals surface area (Å²) in [6.07, 6.45) is 45.1. The Balaban J connectivity index is 3.97. The van der Waals surface area contributed by atoms with Crippen LogP contribution in [0.2, 0.25) is 0 Å². The van der Waals surface area contributed by atoms with Gasteiger partial charge in [-0.15, -0.1) is 0 Å². The second-order valence-corrected chi connectivity index (χ2v) is 16.4. The zero-order chi connectivity index (χ0) is 38.9. The normalized spacial score (nSPS) is 13.5. The van der Waals surface area contributed by atoms with Crippen molar-refractivity contribution in [3.05, 3.63) is 24.3 Å². The molecule has 0 heterocycles. The monoisotopic (exact) mass is 771 g/mol. The molecule has 0 aromatic heterocycles. The Bertz CT molecular complexity index is 921. The van der Waals surface area contributed by atoms with Crippen molar-refractivity contribution in [3.63, 3.8) is 0 Å². The molecule has 0 rings (SSSR count). The van der Waals surface area contributed by atoms with Crippen molar-refractivity contribution in [2.24, 2.45) is 0 Å². The number of carbonyl (C=O) groups is 2. The number of carbonyl (C=O) groups excluding carboxylic acids is 2. The molecule has 0 aromatic rings. The maximum atomic E-state index is 12.5. The second-order valence-electron chi connectivity index (χ2n) is 14.8. The molecule has 2 unspecified atom stereocenters. The van der Waals surface area contributed by atoms with Crippen molar-refractivity contribution >= 4 is 19.8 Å². The van der Waals surface area contributed by atoms with E-state index in [2.05, 4.69) is 42.7 Å². The predicted octanol–water partition coefficient (Wildman–Crippen LogP) is 13.8. The van der Waals surface area contributed by atoms with E-state index in [4.69, 9.17) is 14.0 Å². The van der Waals surface area contributed by atoms with Gasteiger partial charge in [0, 0.05) is 20.0 Å². The Morgan fingerprint density at radius 2 is 0.906 bits per heavy atom. The molecule has 0 aliphatic rings. The highest BCUT2D eigenvalue weighted by Crippen LogP contribution is 2.42. The third kappa shape index (κ3) is 40.0. The highest BCUT2D eigenvalue weighted by atomic mass is 31.2. The number of esters is 2. The van der Waals surface area contributed by atoms with Gasteiger partial charge in [-0.2, -0.15) is 0 Å². The van der Waals surface area contributed by atoms with Gasteiger partial charge in [-0.3, -0.25) is 18.6 Å². The Morgan fingerprint density at radius 3 is 1.36 bits per heavy atom. The van der Waals surface area contributed by atoms with Crippen LogP contribution in [0.25, 0.3) is 0 Å². The number of hydrogen-bond acceptors (Lipinski definition) is 7. The Morgan fingerprint density at radius 1 is 0.528 bits per heavy atom. The Labute approximate surface area is 326 Å². The minimum atomic E-state index is -4.26. The van der Waals surface area contributed by atoms with Crippen LogP contribution in [0.4, 0.5) is 0 Å². The average molecular weight is 771 g/mol. The van der Waals surface area contributed by atoms with Crippen LogP contribution >= 0.6 is 7.82 Å².